The number of benzene rings is 3. The van der Waals surface area contributed by atoms with Crippen molar-refractivity contribution in [2.24, 2.45) is 0 Å². The average Bonchev–Trinajstić information content (AvgIpc) is 2.77. The molecule has 0 bridgehead atoms. The molecule has 0 aliphatic carbocycles. The zero-order valence-electron chi connectivity index (χ0n) is 10.1. The molecule has 86 valence electrons. The van der Waals surface area contributed by atoms with Gasteiger partial charge in [-0.2, -0.15) is 0 Å². The maximum absolute atomic E-state index is 2.26. The number of rotatable bonds is 0. The smallest absolute Gasteiger partial charge is 0.0433 e. The summed E-state index contributed by atoms with van der Waals surface area (Å²) in [7, 11) is 0. The summed E-state index contributed by atoms with van der Waals surface area (Å²) in [6.07, 6.45) is 0. The Bertz CT molecular complexity index is 884. The molecule has 0 atom stereocenters. The van der Waals surface area contributed by atoms with E-state index in [1.54, 1.807) is 0 Å². The molecule has 1 heteroatoms. The van der Waals surface area contributed by atoms with Gasteiger partial charge >= 0.3 is 0 Å². The van der Waals surface area contributed by atoms with Gasteiger partial charge in [-0.05, 0) is 23.8 Å². The number of hydrogen-bond donors (Lipinski definition) is 0. The number of thiophene rings is 1. The van der Waals surface area contributed by atoms with Gasteiger partial charge in [-0.1, -0.05) is 54.1 Å². The van der Waals surface area contributed by atoms with Crippen molar-refractivity contribution in [2.45, 2.75) is 6.92 Å². The van der Waals surface area contributed by atoms with E-state index >= 15 is 0 Å². The van der Waals surface area contributed by atoms with E-state index in [0.29, 0.717) is 0 Å². The molecular weight excluding hydrogens is 236 g/mol. The van der Waals surface area contributed by atoms with E-state index in [2.05, 4.69) is 61.5 Å². The van der Waals surface area contributed by atoms with Crippen LogP contribution in [-0.4, -0.2) is 0 Å². The standard InChI is InChI=1S/C17H12S/c1-11-6-8-13-12(10-11)7-9-15-14-4-2-3-5-16(14)18-17(13)15/h2-10H,1H3. The summed E-state index contributed by atoms with van der Waals surface area (Å²) in [5, 5.41) is 5.47. The average molecular weight is 248 g/mol. The minimum atomic E-state index is 1.32. The lowest BCUT2D eigenvalue weighted by molar-refractivity contribution is 1.51. The second-order valence-electron chi connectivity index (χ2n) is 4.77. The predicted octanol–water partition coefficient (Wildman–Crippen LogP) is 5.52. The van der Waals surface area contributed by atoms with Crippen LogP contribution < -0.4 is 0 Å². The van der Waals surface area contributed by atoms with Crippen LogP contribution >= 0.6 is 11.3 Å². The Morgan fingerprint density at radius 1 is 0.778 bits per heavy atom. The molecule has 0 saturated heterocycles. The van der Waals surface area contributed by atoms with Crippen molar-refractivity contribution < 1.29 is 0 Å². The van der Waals surface area contributed by atoms with Crippen LogP contribution in [0.1, 0.15) is 5.56 Å². The van der Waals surface area contributed by atoms with Crippen LogP contribution in [-0.2, 0) is 0 Å². The minimum absolute atomic E-state index is 1.32. The first kappa shape index (κ1) is 10.1. The van der Waals surface area contributed by atoms with Crippen LogP contribution in [0.3, 0.4) is 0 Å². The molecule has 0 aliphatic rings. The Morgan fingerprint density at radius 3 is 2.56 bits per heavy atom. The second kappa shape index (κ2) is 3.56. The van der Waals surface area contributed by atoms with Gasteiger partial charge < -0.3 is 0 Å². The Morgan fingerprint density at radius 2 is 1.61 bits per heavy atom. The van der Waals surface area contributed by atoms with Crippen molar-refractivity contribution in [3.63, 3.8) is 0 Å². The van der Waals surface area contributed by atoms with Gasteiger partial charge in [0.15, 0.2) is 0 Å². The lowest BCUT2D eigenvalue weighted by Crippen LogP contribution is -1.75. The lowest BCUT2D eigenvalue weighted by atomic mass is 10.0. The molecule has 0 radical (unpaired) electrons. The molecule has 0 unspecified atom stereocenters. The molecule has 4 rings (SSSR count). The molecule has 0 amide bonds. The van der Waals surface area contributed by atoms with E-state index in [0.717, 1.165) is 0 Å². The zero-order valence-corrected chi connectivity index (χ0v) is 10.9. The first-order chi connectivity index (χ1) is 8.83. The van der Waals surface area contributed by atoms with Crippen LogP contribution in [0.25, 0.3) is 30.9 Å². The highest BCUT2D eigenvalue weighted by atomic mass is 32.1. The third-order valence-corrected chi connectivity index (χ3v) is 4.73. The van der Waals surface area contributed by atoms with Crippen LogP contribution in [0.15, 0.2) is 54.6 Å². The molecule has 0 fully saturated rings. The van der Waals surface area contributed by atoms with Gasteiger partial charge in [0.05, 0.1) is 0 Å². The Hall–Kier alpha value is -1.86. The molecule has 1 aromatic heterocycles. The summed E-state index contributed by atoms with van der Waals surface area (Å²) in [6.45, 7) is 2.15. The highest BCUT2D eigenvalue weighted by molar-refractivity contribution is 7.26. The molecule has 0 saturated carbocycles. The molecule has 18 heavy (non-hydrogen) atoms. The molecular formula is C17H12S. The largest absolute Gasteiger partial charge is 0.135 e. The number of aryl methyl sites for hydroxylation is 1. The molecule has 0 aliphatic heterocycles. The highest BCUT2D eigenvalue weighted by Gasteiger charge is 2.07. The summed E-state index contributed by atoms with van der Waals surface area (Å²) in [6, 6.07) is 19.9. The van der Waals surface area contributed by atoms with Gasteiger partial charge in [0.2, 0.25) is 0 Å². The lowest BCUT2D eigenvalue weighted by Gasteiger charge is -2.00. The maximum Gasteiger partial charge on any atom is 0.0433 e. The van der Waals surface area contributed by atoms with Crippen LogP contribution in [0.2, 0.25) is 0 Å². The summed E-state index contributed by atoms with van der Waals surface area (Å²) in [5.41, 5.74) is 1.32. The van der Waals surface area contributed by atoms with E-state index < -0.39 is 0 Å². The van der Waals surface area contributed by atoms with Crippen molar-refractivity contribution in [2.75, 3.05) is 0 Å². The zero-order chi connectivity index (χ0) is 12.1. The Balaban J connectivity index is 2.28. The molecule has 0 N–H and O–H groups in total. The predicted molar refractivity (Wildman–Crippen MR) is 81.6 cm³/mol. The summed E-state index contributed by atoms with van der Waals surface area (Å²) in [4.78, 5) is 0. The third kappa shape index (κ3) is 1.31. The van der Waals surface area contributed by atoms with Gasteiger partial charge in [0.25, 0.3) is 0 Å². The fraction of sp³-hybridized carbons (Fsp3) is 0.0588. The molecule has 1 heterocycles. The van der Waals surface area contributed by atoms with E-state index in [1.807, 2.05) is 11.3 Å². The summed E-state index contributed by atoms with van der Waals surface area (Å²) in [5.74, 6) is 0. The topological polar surface area (TPSA) is 0 Å². The van der Waals surface area contributed by atoms with Gasteiger partial charge in [-0.3, -0.25) is 0 Å². The van der Waals surface area contributed by atoms with E-state index in [9.17, 15) is 0 Å². The van der Waals surface area contributed by atoms with Gasteiger partial charge in [0.1, 0.15) is 0 Å². The summed E-state index contributed by atoms with van der Waals surface area (Å²) >= 11 is 1.90. The molecule has 0 nitrogen and oxygen atoms in total. The Kier molecular flexibility index (Phi) is 2.00. The van der Waals surface area contributed by atoms with Gasteiger partial charge in [-0.25, -0.2) is 0 Å². The van der Waals surface area contributed by atoms with E-state index in [1.165, 1.54) is 36.5 Å². The number of fused-ring (bicyclic) bond motifs is 5. The first-order valence-electron chi connectivity index (χ1n) is 6.13. The van der Waals surface area contributed by atoms with Crippen molar-refractivity contribution in [3.8, 4) is 0 Å². The van der Waals surface area contributed by atoms with Gasteiger partial charge in [-0.15, -0.1) is 11.3 Å². The monoisotopic (exact) mass is 248 g/mol. The third-order valence-electron chi connectivity index (χ3n) is 3.52. The minimum Gasteiger partial charge on any atom is -0.135 e. The van der Waals surface area contributed by atoms with Gasteiger partial charge in [0, 0.05) is 20.2 Å². The normalized spacial score (nSPS) is 11.6. The summed E-state index contributed by atoms with van der Waals surface area (Å²) < 4.78 is 2.79. The Labute approximate surface area is 109 Å². The van der Waals surface area contributed by atoms with Crippen LogP contribution in [0.4, 0.5) is 0 Å². The van der Waals surface area contributed by atoms with Crippen molar-refractivity contribution >= 4 is 42.3 Å². The quantitative estimate of drug-likeness (QED) is 0.384. The SMILES string of the molecule is Cc1ccc2c(ccc3c4ccccc4sc23)c1. The number of hydrogen-bond acceptors (Lipinski definition) is 1. The highest BCUT2D eigenvalue weighted by Crippen LogP contribution is 2.38. The fourth-order valence-electron chi connectivity index (χ4n) is 2.63. The van der Waals surface area contributed by atoms with Crippen LogP contribution in [0.5, 0.6) is 0 Å². The first-order valence-corrected chi connectivity index (χ1v) is 6.95. The van der Waals surface area contributed by atoms with E-state index in [4.69, 9.17) is 0 Å². The molecule has 4 aromatic rings. The molecule has 0 spiro atoms. The second-order valence-corrected chi connectivity index (χ2v) is 5.82. The fourth-order valence-corrected chi connectivity index (χ4v) is 3.87. The maximum atomic E-state index is 2.26. The van der Waals surface area contributed by atoms with Crippen molar-refractivity contribution in [1.29, 1.82) is 0 Å². The van der Waals surface area contributed by atoms with Crippen LogP contribution in [0, 0.1) is 6.92 Å². The van der Waals surface area contributed by atoms with E-state index in [-0.39, 0.29) is 0 Å². The van der Waals surface area contributed by atoms with Crippen molar-refractivity contribution in [1.82, 2.24) is 0 Å². The van der Waals surface area contributed by atoms with Crippen molar-refractivity contribution in [3.05, 3.63) is 60.2 Å². The molecule has 3 aromatic carbocycles.